The summed E-state index contributed by atoms with van der Waals surface area (Å²) in [5.74, 6) is -1.05. The van der Waals surface area contributed by atoms with Crippen molar-refractivity contribution in [2.24, 2.45) is 10.7 Å². The second kappa shape index (κ2) is 10.3. The van der Waals surface area contributed by atoms with Crippen LogP contribution in [0.3, 0.4) is 0 Å². The lowest BCUT2D eigenvalue weighted by atomic mass is 9.95. The molecule has 3 aromatic rings. The Morgan fingerprint density at radius 1 is 1.11 bits per heavy atom. The van der Waals surface area contributed by atoms with Crippen LogP contribution in [-0.2, 0) is 14.8 Å². The lowest BCUT2D eigenvalue weighted by Crippen LogP contribution is -2.53. The Kier molecular flexibility index (Phi) is 7.33. The summed E-state index contributed by atoms with van der Waals surface area (Å²) in [6.07, 6.45) is 0.0811. The van der Waals surface area contributed by atoms with Gasteiger partial charge in [-0.05, 0) is 55.2 Å². The van der Waals surface area contributed by atoms with Crippen LogP contribution in [0, 0.1) is 5.82 Å². The van der Waals surface area contributed by atoms with Crippen LogP contribution in [0.1, 0.15) is 53.0 Å². The van der Waals surface area contributed by atoms with Crippen molar-refractivity contribution >= 4 is 22.0 Å². The Hall–Kier alpha value is -3.76. The van der Waals surface area contributed by atoms with Gasteiger partial charge < -0.3 is 15.6 Å². The molecule has 194 valence electrons. The van der Waals surface area contributed by atoms with E-state index >= 15 is 0 Å². The molecule has 4 N–H and O–H groups in total. The van der Waals surface area contributed by atoms with Gasteiger partial charge >= 0.3 is 0 Å². The van der Waals surface area contributed by atoms with Gasteiger partial charge in [0.1, 0.15) is 16.7 Å². The molecule has 0 radical (unpaired) electrons. The van der Waals surface area contributed by atoms with Gasteiger partial charge in [-0.25, -0.2) is 22.5 Å². The first-order chi connectivity index (χ1) is 17.5. The number of nitrogens with two attached hydrogens (primary N) is 1. The van der Waals surface area contributed by atoms with E-state index < -0.39 is 38.6 Å². The lowest BCUT2D eigenvalue weighted by Gasteiger charge is -2.39. The van der Waals surface area contributed by atoms with E-state index in [1.54, 1.807) is 62.4 Å². The predicted octanol–water partition coefficient (Wildman–Crippen LogP) is 3.84. The molecule has 1 fully saturated rings. The average Bonchev–Trinajstić information content (AvgIpc) is 2.83. The molecule has 1 amide bonds. The van der Waals surface area contributed by atoms with Crippen molar-refractivity contribution in [3.63, 3.8) is 0 Å². The van der Waals surface area contributed by atoms with Crippen LogP contribution in [0.15, 0.2) is 77.8 Å². The number of aliphatic hydroxyl groups excluding tert-OH is 1. The van der Waals surface area contributed by atoms with Crippen molar-refractivity contribution in [2.45, 2.75) is 37.2 Å². The second-order valence-electron chi connectivity index (χ2n) is 9.28. The van der Waals surface area contributed by atoms with Gasteiger partial charge in [-0.1, -0.05) is 54.6 Å². The number of ether oxygens (including phenoxy) is 1. The zero-order chi connectivity index (χ0) is 26.8. The number of rotatable bonds is 7. The highest BCUT2D eigenvalue weighted by Gasteiger charge is 2.48. The molecule has 3 aromatic carbocycles. The van der Waals surface area contributed by atoms with Crippen molar-refractivity contribution in [3.8, 4) is 11.1 Å². The second-order valence-corrected chi connectivity index (χ2v) is 11.0. The van der Waals surface area contributed by atoms with Crippen LogP contribution in [0.5, 0.6) is 0 Å². The number of amides is 1. The standard InChI is InChI=1S/C27H28FN3O5S/c1-27(2)24(18-12-10-17(11-13-18)19-6-5-7-20(16-19)25(29)33)37(34,35)31-26(36-27)30-23(14-15-32)21-8-3-4-9-22(21)28/h3-13,16,23-24,32H,14-15H2,1-2H3,(H2,29,33)(H,30,31)/t23-,24-/m0/s1. The van der Waals surface area contributed by atoms with Gasteiger partial charge in [-0.15, -0.1) is 0 Å². The smallest absolute Gasteiger partial charge is 0.299 e. The number of amidine groups is 1. The number of carbonyl (C=O) groups excluding carboxylic acids is 1. The minimum Gasteiger partial charge on any atom is -0.457 e. The third kappa shape index (κ3) is 5.65. The molecule has 8 nitrogen and oxygen atoms in total. The van der Waals surface area contributed by atoms with E-state index in [9.17, 15) is 22.7 Å². The number of primary amides is 1. The summed E-state index contributed by atoms with van der Waals surface area (Å²) in [5.41, 5.74) is 6.78. The van der Waals surface area contributed by atoms with Crippen molar-refractivity contribution < 1.29 is 27.4 Å². The van der Waals surface area contributed by atoms with Gasteiger partial charge in [0.25, 0.3) is 6.02 Å². The molecule has 2 atom stereocenters. The molecular formula is C27H28FN3O5S. The molecule has 1 aliphatic heterocycles. The van der Waals surface area contributed by atoms with Crippen molar-refractivity contribution in [3.05, 3.63) is 95.3 Å². The van der Waals surface area contributed by atoms with Crippen LogP contribution < -0.4 is 10.5 Å². The Morgan fingerprint density at radius 2 is 1.81 bits per heavy atom. The number of hydrogen-bond acceptors (Lipinski definition) is 6. The van der Waals surface area contributed by atoms with Gasteiger partial charge in [-0.3, -0.25) is 4.79 Å². The number of carbonyl (C=O) groups is 1. The van der Waals surface area contributed by atoms with Gasteiger partial charge in [0.15, 0.2) is 0 Å². The molecule has 0 aliphatic carbocycles. The molecule has 1 heterocycles. The summed E-state index contributed by atoms with van der Waals surface area (Å²) in [6.45, 7) is 3.00. The predicted molar refractivity (Wildman–Crippen MR) is 139 cm³/mol. The van der Waals surface area contributed by atoms with Crippen LogP contribution in [0.4, 0.5) is 4.39 Å². The van der Waals surface area contributed by atoms with Gasteiger partial charge in [-0.2, -0.15) is 0 Å². The van der Waals surface area contributed by atoms with E-state index in [1.807, 2.05) is 6.07 Å². The Labute approximate surface area is 215 Å². The number of nitrogens with zero attached hydrogens (tertiary/aromatic N) is 1. The zero-order valence-corrected chi connectivity index (χ0v) is 21.2. The fourth-order valence-electron chi connectivity index (χ4n) is 4.51. The highest BCUT2D eigenvalue weighted by molar-refractivity contribution is 7.90. The number of halogens is 1. The molecule has 0 spiro atoms. The van der Waals surface area contributed by atoms with Gasteiger partial charge in [0.2, 0.25) is 15.9 Å². The van der Waals surface area contributed by atoms with Crippen LogP contribution in [0.25, 0.3) is 11.1 Å². The Bertz CT molecular complexity index is 1440. The molecule has 0 unspecified atom stereocenters. The van der Waals surface area contributed by atoms with Crippen molar-refractivity contribution in [1.82, 2.24) is 4.72 Å². The number of hydrogen-bond donors (Lipinski definition) is 3. The van der Waals surface area contributed by atoms with Crippen molar-refractivity contribution in [1.29, 1.82) is 0 Å². The van der Waals surface area contributed by atoms with E-state index in [-0.39, 0.29) is 24.6 Å². The minimum absolute atomic E-state index is 0.0811. The first-order valence-corrected chi connectivity index (χ1v) is 13.2. The van der Waals surface area contributed by atoms with E-state index in [2.05, 4.69) is 9.71 Å². The first kappa shape index (κ1) is 26.3. The normalized spacial score (nSPS) is 20.0. The lowest BCUT2D eigenvalue weighted by molar-refractivity contribution is 0.0758. The van der Waals surface area contributed by atoms with Crippen molar-refractivity contribution in [2.75, 3.05) is 6.61 Å². The van der Waals surface area contributed by atoms with Crippen LogP contribution in [0.2, 0.25) is 0 Å². The summed E-state index contributed by atoms with van der Waals surface area (Å²) in [5, 5.41) is 8.39. The number of nitrogens with one attached hydrogen (secondary N) is 1. The Morgan fingerprint density at radius 3 is 2.43 bits per heavy atom. The summed E-state index contributed by atoms with van der Waals surface area (Å²) < 4.78 is 49.5. The minimum atomic E-state index is -4.00. The van der Waals surface area contributed by atoms with E-state index in [1.165, 1.54) is 18.2 Å². The van der Waals surface area contributed by atoms with E-state index in [0.29, 0.717) is 11.1 Å². The number of benzene rings is 3. The van der Waals surface area contributed by atoms with Crippen LogP contribution >= 0.6 is 0 Å². The summed E-state index contributed by atoms with van der Waals surface area (Å²) in [6, 6.07) is 18.6. The number of aliphatic imine (C=N–C) groups is 1. The number of aliphatic hydroxyl groups is 1. The summed E-state index contributed by atoms with van der Waals surface area (Å²) >= 11 is 0. The molecule has 37 heavy (non-hydrogen) atoms. The molecular weight excluding hydrogens is 497 g/mol. The fraction of sp³-hybridized carbons (Fsp3) is 0.259. The average molecular weight is 526 g/mol. The highest BCUT2D eigenvalue weighted by Crippen LogP contribution is 2.39. The molecule has 4 rings (SSSR count). The van der Waals surface area contributed by atoms with Crippen LogP contribution in [-0.4, -0.2) is 37.7 Å². The molecule has 0 bridgehead atoms. The maximum Gasteiger partial charge on any atom is 0.299 e. The summed E-state index contributed by atoms with van der Waals surface area (Å²) in [4.78, 5) is 15.8. The maximum atomic E-state index is 14.4. The molecule has 1 aliphatic rings. The molecule has 1 saturated heterocycles. The highest BCUT2D eigenvalue weighted by atomic mass is 32.2. The Balaban J connectivity index is 1.63. The zero-order valence-electron chi connectivity index (χ0n) is 20.4. The number of sulfonamides is 1. The third-order valence-corrected chi connectivity index (χ3v) is 8.08. The maximum absolute atomic E-state index is 14.4. The third-order valence-electron chi connectivity index (χ3n) is 6.16. The monoisotopic (exact) mass is 525 g/mol. The summed E-state index contributed by atoms with van der Waals surface area (Å²) in [7, 11) is -4.00. The first-order valence-electron chi connectivity index (χ1n) is 11.7. The fourth-order valence-corrected chi connectivity index (χ4v) is 6.28. The molecule has 0 aromatic heterocycles. The van der Waals surface area contributed by atoms with Gasteiger partial charge in [0.05, 0.1) is 6.04 Å². The van der Waals surface area contributed by atoms with Gasteiger partial charge in [0, 0.05) is 17.7 Å². The SMILES string of the molecule is CC1(C)OC(=N[C@@H](CCO)c2ccccc2F)NS(=O)(=O)[C@H]1c1ccc(-c2cccc(C(N)=O)c2)cc1. The van der Waals surface area contributed by atoms with E-state index in [0.717, 1.165) is 11.1 Å². The van der Waals surface area contributed by atoms with E-state index in [4.69, 9.17) is 10.5 Å². The quantitative estimate of drug-likeness (QED) is 0.431. The molecule has 0 saturated carbocycles. The topological polar surface area (TPSA) is 131 Å². The largest absolute Gasteiger partial charge is 0.457 e. The molecule has 10 heteroatoms.